The van der Waals surface area contributed by atoms with E-state index in [1.165, 1.54) is 0 Å². The van der Waals surface area contributed by atoms with E-state index in [4.69, 9.17) is 13.7 Å². The molecule has 0 aliphatic heterocycles. The Labute approximate surface area is 134 Å². The maximum Gasteiger partial charge on any atom is 0.310 e. The Bertz CT molecular complexity index is 449. The molecule has 130 valence electrons. The minimum absolute atomic E-state index is 0.124. The van der Waals surface area contributed by atoms with Crippen molar-refractivity contribution in [3.8, 4) is 0 Å². The summed E-state index contributed by atoms with van der Waals surface area (Å²) in [4.78, 5) is 12.1. The third-order valence-corrected chi connectivity index (χ3v) is 4.11. The van der Waals surface area contributed by atoms with Crippen molar-refractivity contribution in [3.63, 3.8) is 0 Å². The Kier molecular flexibility index (Phi) is 10.00. The fourth-order valence-electron chi connectivity index (χ4n) is 1.96. The first-order valence-corrected chi connectivity index (χ1v) is 9.84. The van der Waals surface area contributed by atoms with Gasteiger partial charge in [-0.3, -0.25) is 9.36 Å². The van der Waals surface area contributed by atoms with E-state index in [1.807, 2.05) is 13.8 Å². The van der Waals surface area contributed by atoms with Gasteiger partial charge >= 0.3 is 5.97 Å². The molecule has 0 spiro atoms. The molecule has 3 unspecified atom stereocenters. The zero-order chi connectivity index (χ0) is 17.3. The van der Waals surface area contributed by atoms with Crippen LogP contribution in [0.5, 0.6) is 0 Å². The summed E-state index contributed by atoms with van der Waals surface area (Å²) >= 11 is 0. The van der Waals surface area contributed by atoms with Crippen LogP contribution in [0.4, 0.5) is 0 Å². The first-order valence-electron chi connectivity index (χ1n) is 7.15. The Morgan fingerprint density at radius 2 is 1.77 bits per heavy atom. The largest absolute Gasteiger partial charge is 0.466 e. The highest BCUT2D eigenvalue weighted by Gasteiger charge is 2.39. The molecule has 0 aliphatic carbocycles. The number of carbonyl (C=O) groups is 1. The van der Waals surface area contributed by atoms with Crippen molar-refractivity contribution in [1.29, 1.82) is 0 Å². The van der Waals surface area contributed by atoms with E-state index in [-0.39, 0.29) is 19.1 Å². The number of hydrogen-bond donors (Lipinski definition) is 0. The number of rotatable bonds is 11. The standard InChI is InChI=1S/C13H25O7PS/c1-6-18-12(14)10(8-9(3)4)11(21-15)13(19-7-2)20-22(5,16)17/h9-11,13H,6-8H2,1-5H3. The molecule has 0 heterocycles. The topological polar surface area (TPSA) is 96.0 Å². The number of esters is 1. The second-order valence-electron chi connectivity index (χ2n) is 5.21. The van der Waals surface area contributed by atoms with Crippen LogP contribution in [0.15, 0.2) is 0 Å². The summed E-state index contributed by atoms with van der Waals surface area (Å²) in [7, 11) is -4.25. The Balaban J connectivity index is 5.44. The second-order valence-corrected chi connectivity index (χ2v) is 7.62. The third kappa shape index (κ3) is 8.17. The molecule has 0 aromatic rings. The van der Waals surface area contributed by atoms with Gasteiger partial charge in [0.1, 0.15) is 5.66 Å². The van der Waals surface area contributed by atoms with E-state index in [2.05, 4.69) is 0 Å². The van der Waals surface area contributed by atoms with Gasteiger partial charge in [-0.1, -0.05) is 13.8 Å². The quantitative estimate of drug-likeness (QED) is 0.242. The van der Waals surface area contributed by atoms with Crippen molar-refractivity contribution in [3.05, 3.63) is 0 Å². The summed E-state index contributed by atoms with van der Waals surface area (Å²) in [5, 5.41) is 0. The lowest BCUT2D eigenvalue weighted by Gasteiger charge is -2.27. The SMILES string of the molecule is CCOC(=O)C(CC(C)C)C(P=O)C(OCC)OS(C)(=O)=O. The van der Waals surface area contributed by atoms with E-state index < -0.39 is 42.4 Å². The highest BCUT2D eigenvalue weighted by molar-refractivity contribution is 7.86. The Morgan fingerprint density at radius 3 is 2.14 bits per heavy atom. The Morgan fingerprint density at radius 1 is 1.18 bits per heavy atom. The lowest BCUT2D eigenvalue weighted by atomic mass is 9.93. The molecular weight excluding hydrogens is 331 g/mol. The molecule has 22 heavy (non-hydrogen) atoms. The molecule has 0 aromatic carbocycles. The first-order chi connectivity index (χ1) is 10.2. The van der Waals surface area contributed by atoms with E-state index in [9.17, 15) is 17.8 Å². The van der Waals surface area contributed by atoms with Crippen LogP contribution >= 0.6 is 8.46 Å². The second kappa shape index (κ2) is 10.3. The molecule has 0 N–H and O–H groups in total. The number of ether oxygens (including phenoxy) is 2. The van der Waals surface area contributed by atoms with Crippen LogP contribution in [0.1, 0.15) is 34.1 Å². The fraction of sp³-hybridized carbons (Fsp3) is 0.923. The highest BCUT2D eigenvalue weighted by Crippen LogP contribution is 2.30. The molecule has 7 nitrogen and oxygen atoms in total. The summed E-state index contributed by atoms with van der Waals surface area (Å²) in [6.07, 6.45) is -0.0398. The van der Waals surface area contributed by atoms with Gasteiger partial charge in [-0.25, -0.2) is 4.18 Å². The molecule has 0 fully saturated rings. The van der Waals surface area contributed by atoms with Gasteiger partial charge < -0.3 is 9.47 Å². The molecule has 0 radical (unpaired) electrons. The van der Waals surface area contributed by atoms with Crippen LogP contribution in [-0.2, 0) is 33.1 Å². The van der Waals surface area contributed by atoms with Crippen LogP contribution in [0.3, 0.4) is 0 Å². The van der Waals surface area contributed by atoms with E-state index in [0.29, 0.717) is 6.42 Å². The molecular formula is C13H25O7PS. The molecule has 0 aromatic heterocycles. The van der Waals surface area contributed by atoms with Crippen molar-refractivity contribution in [2.24, 2.45) is 11.8 Å². The smallest absolute Gasteiger partial charge is 0.310 e. The fourth-order valence-corrected chi connectivity index (χ4v) is 3.20. The Hall–Kier alpha value is -0.560. The van der Waals surface area contributed by atoms with Crippen LogP contribution in [0.2, 0.25) is 0 Å². The molecule has 0 saturated carbocycles. The lowest BCUT2D eigenvalue weighted by Crippen LogP contribution is -2.40. The maximum atomic E-state index is 12.1. The molecule has 0 bridgehead atoms. The normalized spacial score (nSPS) is 16.5. The minimum atomic E-state index is -3.82. The van der Waals surface area contributed by atoms with Gasteiger partial charge in [0, 0.05) is 6.61 Å². The molecule has 0 aliphatic rings. The van der Waals surface area contributed by atoms with Gasteiger partial charge in [-0.05, 0) is 26.2 Å². The number of carbonyl (C=O) groups excluding carboxylic acids is 1. The van der Waals surface area contributed by atoms with Gasteiger partial charge in [0.25, 0.3) is 10.1 Å². The van der Waals surface area contributed by atoms with Crippen molar-refractivity contribution < 1.29 is 31.4 Å². The molecule has 0 saturated heterocycles. The molecule has 9 heteroatoms. The van der Waals surface area contributed by atoms with Gasteiger partial charge in [-0.15, -0.1) is 0 Å². The average molecular weight is 356 g/mol. The van der Waals surface area contributed by atoms with Gasteiger partial charge in [0.15, 0.2) is 14.8 Å². The van der Waals surface area contributed by atoms with Crippen molar-refractivity contribution in [1.82, 2.24) is 0 Å². The van der Waals surface area contributed by atoms with Crippen LogP contribution in [-0.4, -0.2) is 45.8 Å². The van der Waals surface area contributed by atoms with E-state index >= 15 is 0 Å². The lowest BCUT2D eigenvalue weighted by molar-refractivity contribution is -0.153. The summed E-state index contributed by atoms with van der Waals surface area (Å²) in [5.74, 6) is -1.19. The number of hydrogen-bond acceptors (Lipinski definition) is 7. The summed E-state index contributed by atoms with van der Waals surface area (Å²) in [6.45, 7) is 7.46. The predicted molar refractivity (Wildman–Crippen MR) is 82.3 cm³/mol. The molecule has 0 amide bonds. The van der Waals surface area contributed by atoms with E-state index in [0.717, 1.165) is 6.26 Å². The van der Waals surface area contributed by atoms with E-state index in [1.54, 1.807) is 13.8 Å². The van der Waals surface area contributed by atoms with Crippen LogP contribution < -0.4 is 0 Å². The third-order valence-electron chi connectivity index (χ3n) is 2.73. The zero-order valence-corrected chi connectivity index (χ0v) is 15.4. The highest BCUT2D eigenvalue weighted by atomic mass is 32.2. The van der Waals surface area contributed by atoms with Crippen LogP contribution in [0.25, 0.3) is 0 Å². The zero-order valence-electron chi connectivity index (χ0n) is 13.6. The van der Waals surface area contributed by atoms with Gasteiger partial charge in [0.05, 0.1) is 18.8 Å². The summed E-state index contributed by atoms with van der Waals surface area (Å²) in [5.41, 5.74) is -0.962. The average Bonchev–Trinajstić information content (AvgIpc) is 2.36. The van der Waals surface area contributed by atoms with Crippen molar-refractivity contribution in [2.75, 3.05) is 19.5 Å². The maximum absolute atomic E-state index is 12.1. The van der Waals surface area contributed by atoms with Crippen LogP contribution in [0, 0.1) is 11.8 Å². The summed E-state index contributed by atoms with van der Waals surface area (Å²) < 4.78 is 49.4. The van der Waals surface area contributed by atoms with Gasteiger partial charge in [0.2, 0.25) is 0 Å². The van der Waals surface area contributed by atoms with Gasteiger partial charge in [-0.2, -0.15) is 8.42 Å². The molecule has 0 rings (SSSR count). The minimum Gasteiger partial charge on any atom is -0.466 e. The summed E-state index contributed by atoms with van der Waals surface area (Å²) in [6, 6.07) is 0. The van der Waals surface area contributed by atoms with Crippen molar-refractivity contribution >= 4 is 24.5 Å². The predicted octanol–water partition coefficient (Wildman–Crippen LogP) is 2.21. The molecule has 3 atom stereocenters. The van der Waals surface area contributed by atoms with Crippen molar-refractivity contribution in [2.45, 2.75) is 46.1 Å². The first kappa shape index (κ1) is 21.4. The monoisotopic (exact) mass is 356 g/mol.